The normalized spacial score (nSPS) is 32.2. The Hall–Kier alpha value is -1.35. The van der Waals surface area contributed by atoms with Gasteiger partial charge in [0, 0.05) is 11.8 Å². The van der Waals surface area contributed by atoms with Gasteiger partial charge in [0.1, 0.15) is 0 Å². The van der Waals surface area contributed by atoms with E-state index in [2.05, 4.69) is 12.1 Å². The Kier molecular flexibility index (Phi) is 3.13. The Balaban J connectivity index is 1.92. The Morgan fingerprint density at radius 3 is 2.70 bits per heavy atom. The van der Waals surface area contributed by atoms with Crippen LogP contribution in [0.15, 0.2) is 24.3 Å². The summed E-state index contributed by atoms with van der Waals surface area (Å²) in [5, 5.41) is 0. The van der Waals surface area contributed by atoms with Gasteiger partial charge in [0.25, 0.3) is 0 Å². The van der Waals surface area contributed by atoms with Crippen LogP contribution >= 0.6 is 11.6 Å². The number of alkyl halides is 1. The Labute approximate surface area is 123 Å². The number of ketones is 1. The molecule has 3 nitrogen and oxygen atoms in total. The number of esters is 1. The lowest BCUT2D eigenvalue weighted by atomic mass is 9.66. The summed E-state index contributed by atoms with van der Waals surface area (Å²) in [4.78, 5) is 22.8. The van der Waals surface area contributed by atoms with Crippen LogP contribution in [0.5, 0.6) is 0 Å². The molecule has 0 radical (unpaired) electrons. The SMILES string of the molecule is COC(=O)C1(Cl)CCC2(CCc3ccccc32)CC1=O. The standard InChI is InChI=1S/C16H17ClO3/c1-20-14(19)16(17)9-8-15(10-13(16)18)7-6-11-4-2-3-5-12(11)15/h2-5H,6-10H2,1H3. The summed E-state index contributed by atoms with van der Waals surface area (Å²) < 4.78 is 4.69. The van der Waals surface area contributed by atoms with E-state index in [4.69, 9.17) is 16.3 Å². The van der Waals surface area contributed by atoms with E-state index in [1.165, 1.54) is 18.2 Å². The highest BCUT2D eigenvalue weighted by Crippen LogP contribution is 2.51. The molecule has 1 saturated carbocycles. The molecule has 1 aromatic carbocycles. The number of carbonyl (C=O) groups is 2. The van der Waals surface area contributed by atoms with Crippen molar-refractivity contribution in [2.45, 2.75) is 42.4 Å². The Bertz CT molecular complexity index is 583. The van der Waals surface area contributed by atoms with Crippen molar-refractivity contribution < 1.29 is 14.3 Å². The van der Waals surface area contributed by atoms with E-state index >= 15 is 0 Å². The lowest BCUT2D eigenvalue weighted by Crippen LogP contribution is -2.50. The van der Waals surface area contributed by atoms with Crippen molar-refractivity contribution in [1.29, 1.82) is 0 Å². The molecule has 1 fully saturated rings. The summed E-state index contributed by atoms with van der Waals surface area (Å²) in [7, 11) is 1.27. The zero-order chi connectivity index (χ0) is 14.4. The first-order valence-corrected chi connectivity index (χ1v) is 7.29. The van der Waals surface area contributed by atoms with Crippen LogP contribution in [0.2, 0.25) is 0 Å². The average molecular weight is 293 g/mol. The van der Waals surface area contributed by atoms with Gasteiger partial charge >= 0.3 is 5.97 Å². The minimum Gasteiger partial charge on any atom is -0.467 e. The predicted octanol–water partition coefficient (Wildman–Crippen LogP) is 2.77. The van der Waals surface area contributed by atoms with E-state index in [1.54, 1.807) is 0 Å². The molecule has 0 aromatic heterocycles. The zero-order valence-electron chi connectivity index (χ0n) is 11.4. The van der Waals surface area contributed by atoms with Crippen molar-refractivity contribution in [3.8, 4) is 0 Å². The number of carbonyl (C=O) groups excluding carboxylic acids is 2. The fourth-order valence-corrected chi connectivity index (χ4v) is 3.91. The summed E-state index contributed by atoms with van der Waals surface area (Å²) in [5.41, 5.74) is 2.46. The molecule has 2 aliphatic rings. The number of aryl methyl sites for hydroxylation is 1. The lowest BCUT2D eigenvalue weighted by molar-refractivity contribution is -0.149. The summed E-state index contributed by atoms with van der Waals surface area (Å²) in [6.45, 7) is 0. The Morgan fingerprint density at radius 1 is 1.25 bits per heavy atom. The lowest BCUT2D eigenvalue weighted by Gasteiger charge is -2.39. The molecule has 4 heteroatoms. The third-order valence-electron chi connectivity index (χ3n) is 4.86. The van der Waals surface area contributed by atoms with Crippen molar-refractivity contribution in [2.24, 2.45) is 0 Å². The molecule has 2 atom stereocenters. The first-order valence-electron chi connectivity index (χ1n) is 6.91. The predicted molar refractivity (Wildman–Crippen MR) is 75.9 cm³/mol. The monoisotopic (exact) mass is 292 g/mol. The first kappa shape index (κ1) is 13.6. The average Bonchev–Trinajstić information content (AvgIpc) is 2.82. The van der Waals surface area contributed by atoms with Crippen LogP contribution in [0.4, 0.5) is 0 Å². The van der Waals surface area contributed by atoms with Gasteiger partial charge in [-0.2, -0.15) is 0 Å². The highest BCUT2D eigenvalue weighted by atomic mass is 35.5. The van der Waals surface area contributed by atoms with Crippen LogP contribution in [-0.2, 0) is 26.2 Å². The second-order valence-electron chi connectivity index (χ2n) is 5.83. The van der Waals surface area contributed by atoms with Crippen LogP contribution in [-0.4, -0.2) is 23.7 Å². The van der Waals surface area contributed by atoms with Crippen LogP contribution in [0, 0.1) is 0 Å². The maximum Gasteiger partial charge on any atom is 0.334 e. The minimum atomic E-state index is -1.47. The molecule has 1 spiro atoms. The smallest absolute Gasteiger partial charge is 0.334 e. The topological polar surface area (TPSA) is 43.4 Å². The number of hydrogen-bond donors (Lipinski definition) is 0. The highest BCUT2D eigenvalue weighted by Gasteiger charge is 2.54. The van der Waals surface area contributed by atoms with Crippen molar-refractivity contribution in [3.63, 3.8) is 0 Å². The molecule has 20 heavy (non-hydrogen) atoms. The second-order valence-corrected chi connectivity index (χ2v) is 6.48. The van der Waals surface area contributed by atoms with E-state index in [1.807, 2.05) is 12.1 Å². The maximum absolute atomic E-state index is 12.5. The van der Waals surface area contributed by atoms with Gasteiger partial charge in [-0.3, -0.25) is 4.79 Å². The van der Waals surface area contributed by atoms with Gasteiger partial charge in [0.15, 0.2) is 10.7 Å². The van der Waals surface area contributed by atoms with Crippen molar-refractivity contribution in [3.05, 3.63) is 35.4 Å². The number of ether oxygens (including phenoxy) is 1. The summed E-state index contributed by atoms with van der Waals surface area (Å²) in [6.07, 6.45) is 3.41. The van der Waals surface area contributed by atoms with Gasteiger partial charge in [0.05, 0.1) is 7.11 Å². The number of fused-ring (bicyclic) bond motifs is 2. The molecule has 3 rings (SSSR count). The van der Waals surface area contributed by atoms with Crippen molar-refractivity contribution >= 4 is 23.4 Å². The van der Waals surface area contributed by atoms with Gasteiger partial charge in [-0.25, -0.2) is 4.79 Å². The van der Waals surface area contributed by atoms with Gasteiger partial charge < -0.3 is 4.74 Å². The number of methoxy groups -OCH3 is 1. The molecule has 0 aliphatic heterocycles. The number of Topliss-reactive ketones (excluding diaryl/α,β-unsaturated/α-hetero) is 1. The molecular formula is C16H17ClO3. The van der Waals surface area contributed by atoms with Crippen LogP contribution in [0.25, 0.3) is 0 Å². The third-order valence-corrected chi connectivity index (χ3v) is 5.41. The fourth-order valence-electron chi connectivity index (χ4n) is 3.67. The van der Waals surface area contributed by atoms with Gasteiger partial charge in [-0.05, 0) is 36.8 Å². The Morgan fingerprint density at radius 2 is 2.00 bits per heavy atom. The summed E-state index contributed by atoms with van der Waals surface area (Å²) >= 11 is 6.24. The number of benzene rings is 1. The number of hydrogen-bond acceptors (Lipinski definition) is 3. The van der Waals surface area contributed by atoms with Crippen LogP contribution < -0.4 is 0 Å². The molecule has 0 bridgehead atoms. The van der Waals surface area contributed by atoms with Gasteiger partial charge in [-0.1, -0.05) is 35.9 Å². The third kappa shape index (κ3) is 1.80. The second kappa shape index (κ2) is 4.59. The van der Waals surface area contributed by atoms with Crippen molar-refractivity contribution in [1.82, 2.24) is 0 Å². The van der Waals surface area contributed by atoms with Crippen LogP contribution in [0.3, 0.4) is 0 Å². The molecule has 0 amide bonds. The molecule has 0 N–H and O–H groups in total. The minimum absolute atomic E-state index is 0.125. The first-order chi connectivity index (χ1) is 9.52. The molecule has 0 heterocycles. The summed E-state index contributed by atoms with van der Waals surface area (Å²) in [6, 6.07) is 8.27. The van der Waals surface area contributed by atoms with E-state index < -0.39 is 10.8 Å². The summed E-state index contributed by atoms with van der Waals surface area (Å²) in [5.74, 6) is -0.820. The molecule has 1 aromatic rings. The highest BCUT2D eigenvalue weighted by molar-refractivity contribution is 6.46. The molecule has 2 aliphatic carbocycles. The molecule has 2 unspecified atom stereocenters. The fraction of sp³-hybridized carbons (Fsp3) is 0.500. The van der Waals surface area contributed by atoms with E-state index in [9.17, 15) is 9.59 Å². The zero-order valence-corrected chi connectivity index (χ0v) is 12.2. The number of rotatable bonds is 1. The quantitative estimate of drug-likeness (QED) is 0.454. The maximum atomic E-state index is 12.5. The van der Waals surface area contributed by atoms with Crippen LogP contribution in [0.1, 0.15) is 36.8 Å². The van der Waals surface area contributed by atoms with Gasteiger partial charge in [-0.15, -0.1) is 0 Å². The largest absolute Gasteiger partial charge is 0.467 e. The van der Waals surface area contributed by atoms with E-state index in [0.717, 1.165) is 19.3 Å². The number of halogens is 1. The molecular weight excluding hydrogens is 276 g/mol. The van der Waals surface area contributed by atoms with Gasteiger partial charge in [0.2, 0.25) is 0 Å². The molecule has 0 saturated heterocycles. The van der Waals surface area contributed by atoms with E-state index in [-0.39, 0.29) is 11.2 Å². The molecule has 106 valence electrons. The van der Waals surface area contributed by atoms with E-state index in [0.29, 0.717) is 12.8 Å². The van der Waals surface area contributed by atoms with Crippen molar-refractivity contribution in [2.75, 3.05) is 7.11 Å².